The van der Waals surface area contributed by atoms with Gasteiger partial charge in [0.15, 0.2) is 11.9 Å². The highest BCUT2D eigenvalue weighted by Gasteiger charge is 2.24. The molecule has 0 aliphatic rings. The van der Waals surface area contributed by atoms with Crippen LogP contribution in [-0.2, 0) is 14.8 Å². The number of benzene rings is 1. The first-order valence-corrected chi connectivity index (χ1v) is 7.78. The van der Waals surface area contributed by atoms with E-state index in [1.807, 2.05) is 4.72 Å². The van der Waals surface area contributed by atoms with Crippen molar-refractivity contribution in [2.24, 2.45) is 0 Å². The van der Waals surface area contributed by atoms with Crippen LogP contribution in [0.2, 0.25) is 5.02 Å². The molecule has 1 atom stereocenters. The Morgan fingerprint density at radius 3 is 2.65 bits per heavy atom. The van der Waals surface area contributed by atoms with Gasteiger partial charge in [-0.1, -0.05) is 11.6 Å². The first-order chi connectivity index (χ1) is 9.19. The summed E-state index contributed by atoms with van der Waals surface area (Å²) in [5, 5.41) is 17.7. The van der Waals surface area contributed by atoms with Gasteiger partial charge in [0.1, 0.15) is 4.90 Å². The largest absolute Gasteiger partial charge is 0.494 e. The lowest BCUT2D eigenvalue weighted by Gasteiger charge is -2.13. The van der Waals surface area contributed by atoms with E-state index in [0.717, 1.165) is 6.07 Å². The molecule has 0 radical (unpaired) electrons. The molecule has 0 aliphatic carbocycles. The molecular formula is C10H11BrClNO6S. The van der Waals surface area contributed by atoms with Crippen molar-refractivity contribution in [3.8, 4) is 5.75 Å². The number of halogens is 2. The minimum atomic E-state index is -4.09. The van der Waals surface area contributed by atoms with E-state index in [-0.39, 0.29) is 15.7 Å². The molecule has 3 N–H and O–H groups in total. The van der Waals surface area contributed by atoms with E-state index in [1.54, 1.807) is 0 Å². The molecule has 0 saturated heterocycles. The van der Waals surface area contributed by atoms with Gasteiger partial charge in [-0.2, -0.15) is 0 Å². The fourth-order valence-corrected chi connectivity index (χ4v) is 3.71. The molecule has 1 rings (SSSR count). The van der Waals surface area contributed by atoms with Crippen molar-refractivity contribution in [1.82, 2.24) is 4.72 Å². The second kappa shape index (κ2) is 6.72. The summed E-state index contributed by atoms with van der Waals surface area (Å²) in [6.45, 7) is -0.676. The lowest BCUT2D eigenvalue weighted by Crippen LogP contribution is -2.36. The van der Waals surface area contributed by atoms with E-state index < -0.39 is 28.6 Å². The number of carbonyl (C=O) groups is 1. The van der Waals surface area contributed by atoms with Gasteiger partial charge in [0.05, 0.1) is 11.6 Å². The average Bonchev–Trinajstić information content (AvgIpc) is 2.35. The van der Waals surface area contributed by atoms with Gasteiger partial charge in [-0.15, -0.1) is 0 Å². The fraction of sp³-hybridized carbons (Fsp3) is 0.300. The van der Waals surface area contributed by atoms with Crippen LogP contribution in [0.25, 0.3) is 0 Å². The molecule has 20 heavy (non-hydrogen) atoms. The highest BCUT2D eigenvalue weighted by Crippen LogP contribution is 2.35. The monoisotopic (exact) mass is 387 g/mol. The van der Waals surface area contributed by atoms with E-state index in [2.05, 4.69) is 15.9 Å². The van der Waals surface area contributed by atoms with Gasteiger partial charge in [-0.05, 0) is 28.1 Å². The van der Waals surface area contributed by atoms with E-state index in [4.69, 9.17) is 26.6 Å². The fourth-order valence-electron chi connectivity index (χ4n) is 1.29. The third kappa shape index (κ3) is 4.06. The molecule has 0 unspecified atom stereocenters. The van der Waals surface area contributed by atoms with Crippen LogP contribution in [0.15, 0.2) is 21.5 Å². The van der Waals surface area contributed by atoms with Crippen LogP contribution < -0.4 is 9.46 Å². The van der Waals surface area contributed by atoms with Crippen LogP contribution in [0.3, 0.4) is 0 Å². The van der Waals surface area contributed by atoms with Gasteiger partial charge in [0, 0.05) is 11.6 Å². The van der Waals surface area contributed by atoms with E-state index >= 15 is 0 Å². The van der Waals surface area contributed by atoms with Crippen molar-refractivity contribution >= 4 is 43.5 Å². The van der Waals surface area contributed by atoms with E-state index in [0.29, 0.717) is 4.47 Å². The number of methoxy groups -OCH3 is 1. The first-order valence-electron chi connectivity index (χ1n) is 5.12. The quantitative estimate of drug-likeness (QED) is 0.665. The summed E-state index contributed by atoms with van der Waals surface area (Å²) in [4.78, 5) is 10.2. The third-order valence-corrected chi connectivity index (χ3v) is 4.46. The van der Waals surface area contributed by atoms with Gasteiger partial charge in [0.2, 0.25) is 10.0 Å². The lowest BCUT2D eigenvalue weighted by molar-refractivity contribution is -0.146. The number of aliphatic hydroxyl groups is 1. The van der Waals surface area contributed by atoms with Crippen LogP contribution in [0.1, 0.15) is 0 Å². The molecule has 10 heteroatoms. The molecule has 112 valence electrons. The molecule has 0 amide bonds. The zero-order valence-electron chi connectivity index (χ0n) is 10.1. The summed E-state index contributed by atoms with van der Waals surface area (Å²) >= 11 is 8.89. The Balaban J connectivity index is 3.13. The molecule has 0 heterocycles. The summed E-state index contributed by atoms with van der Waals surface area (Å²) < 4.78 is 31.4. The Bertz CT molecular complexity index is 620. The third-order valence-electron chi connectivity index (χ3n) is 2.22. The number of hydrogen-bond acceptors (Lipinski definition) is 5. The lowest BCUT2D eigenvalue weighted by atomic mass is 10.3. The molecule has 7 nitrogen and oxygen atoms in total. The maximum Gasteiger partial charge on any atom is 0.333 e. The Labute approximate surface area is 128 Å². The molecule has 0 saturated carbocycles. The summed E-state index contributed by atoms with van der Waals surface area (Å²) in [5.41, 5.74) is 0. The minimum Gasteiger partial charge on any atom is -0.494 e. The van der Waals surface area contributed by atoms with Gasteiger partial charge in [-0.25, -0.2) is 17.9 Å². The summed E-state index contributed by atoms with van der Waals surface area (Å²) in [6, 6.07) is 2.60. The Hall–Kier alpha value is -0.870. The number of sulfonamides is 1. The summed E-state index contributed by atoms with van der Waals surface area (Å²) in [6.07, 6.45) is -1.85. The topological polar surface area (TPSA) is 113 Å². The number of rotatable bonds is 6. The summed E-state index contributed by atoms with van der Waals surface area (Å²) in [5.74, 6) is -1.52. The number of aliphatic carboxylic acids is 1. The molecule has 0 aliphatic heterocycles. The van der Waals surface area contributed by atoms with Crippen LogP contribution in [-0.4, -0.2) is 44.4 Å². The number of ether oxygens (including phenoxy) is 1. The standard InChI is InChI=1S/C10H11BrClNO6S/c1-19-9-6(11)2-5(12)3-8(9)20(17,18)13-4-7(14)10(15)16/h2-3,7,13-14H,4H2,1H3,(H,15,16)/t7-/m0/s1. The maximum atomic E-state index is 12.1. The van der Waals surface area contributed by atoms with E-state index in [1.165, 1.54) is 13.2 Å². The predicted molar refractivity (Wildman–Crippen MR) is 74.5 cm³/mol. The number of aliphatic hydroxyl groups excluding tert-OH is 1. The number of carboxylic acids is 1. The number of nitrogens with one attached hydrogen (secondary N) is 1. The van der Waals surface area contributed by atoms with E-state index in [9.17, 15) is 13.2 Å². The van der Waals surface area contributed by atoms with Crippen molar-refractivity contribution in [2.45, 2.75) is 11.0 Å². The van der Waals surface area contributed by atoms with Gasteiger partial charge >= 0.3 is 5.97 Å². The Kier molecular flexibility index (Phi) is 5.78. The zero-order chi connectivity index (χ0) is 15.5. The van der Waals surface area contributed by atoms with Crippen molar-refractivity contribution in [2.75, 3.05) is 13.7 Å². The van der Waals surface area contributed by atoms with Gasteiger partial charge in [0.25, 0.3) is 0 Å². The van der Waals surface area contributed by atoms with Crippen molar-refractivity contribution in [3.63, 3.8) is 0 Å². The summed E-state index contributed by atoms with van der Waals surface area (Å²) in [7, 11) is -2.81. The maximum absolute atomic E-state index is 12.1. The average molecular weight is 389 g/mol. The second-order valence-electron chi connectivity index (χ2n) is 3.62. The van der Waals surface area contributed by atoms with Gasteiger partial charge < -0.3 is 14.9 Å². The molecular weight excluding hydrogens is 378 g/mol. The minimum absolute atomic E-state index is 0.0201. The van der Waals surface area contributed by atoms with Crippen LogP contribution in [0, 0.1) is 0 Å². The predicted octanol–water partition coefficient (Wildman–Crippen LogP) is 0.835. The van der Waals surface area contributed by atoms with Crippen LogP contribution in [0.4, 0.5) is 0 Å². The van der Waals surface area contributed by atoms with Crippen molar-refractivity contribution in [1.29, 1.82) is 0 Å². The second-order valence-corrected chi connectivity index (χ2v) is 6.65. The Morgan fingerprint density at radius 1 is 1.55 bits per heavy atom. The molecule has 1 aromatic rings. The molecule has 0 spiro atoms. The molecule has 0 aromatic heterocycles. The molecule has 0 bridgehead atoms. The highest BCUT2D eigenvalue weighted by atomic mass is 79.9. The smallest absolute Gasteiger partial charge is 0.333 e. The molecule has 0 fully saturated rings. The van der Waals surface area contributed by atoms with Crippen LogP contribution >= 0.6 is 27.5 Å². The van der Waals surface area contributed by atoms with Gasteiger partial charge in [-0.3, -0.25) is 0 Å². The SMILES string of the molecule is COc1c(Br)cc(Cl)cc1S(=O)(=O)NC[C@H](O)C(=O)O. The highest BCUT2D eigenvalue weighted by molar-refractivity contribution is 9.10. The molecule has 1 aromatic carbocycles. The van der Waals surface area contributed by atoms with Crippen molar-refractivity contribution in [3.05, 3.63) is 21.6 Å². The first kappa shape index (κ1) is 17.2. The van der Waals surface area contributed by atoms with Crippen molar-refractivity contribution < 1.29 is 28.2 Å². The normalized spacial score (nSPS) is 13.0. The zero-order valence-corrected chi connectivity index (χ0v) is 13.3. The van der Waals surface area contributed by atoms with Crippen LogP contribution in [0.5, 0.6) is 5.75 Å². The number of carboxylic acid groups (broad SMARTS) is 1. The Morgan fingerprint density at radius 2 is 2.15 bits per heavy atom. The number of hydrogen-bond donors (Lipinski definition) is 3.